The Labute approximate surface area is 142 Å². The summed E-state index contributed by atoms with van der Waals surface area (Å²) in [5.74, 6) is 1.47. The molecule has 5 nitrogen and oxygen atoms in total. The molecule has 1 aromatic carbocycles. The standard InChI is InChI=1S/C17H24N2O3S/c1-3-22-17(21)19-10-8-18(9-11-19)16(20)13-23-12-15-6-4-14(2)5-7-15/h4-7H,3,8-13H2,1-2H3. The highest BCUT2D eigenvalue weighted by Crippen LogP contribution is 2.14. The van der Waals surface area contributed by atoms with Gasteiger partial charge in [0.2, 0.25) is 5.91 Å². The van der Waals surface area contributed by atoms with Crippen LogP contribution >= 0.6 is 11.8 Å². The molecule has 0 radical (unpaired) electrons. The van der Waals surface area contributed by atoms with Gasteiger partial charge >= 0.3 is 6.09 Å². The van der Waals surface area contributed by atoms with Crippen LogP contribution in [0.1, 0.15) is 18.1 Å². The second-order valence-electron chi connectivity index (χ2n) is 5.55. The third-order valence-electron chi connectivity index (χ3n) is 3.77. The van der Waals surface area contributed by atoms with Gasteiger partial charge in [-0.2, -0.15) is 0 Å². The maximum absolute atomic E-state index is 12.2. The molecular formula is C17H24N2O3S. The summed E-state index contributed by atoms with van der Waals surface area (Å²) in [6.07, 6.45) is -0.284. The first-order valence-corrected chi connectivity index (χ1v) is 9.08. The van der Waals surface area contributed by atoms with Crippen molar-refractivity contribution in [2.75, 3.05) is 38.5 Å². The topological polar surface area (TPSA) is 49.9 Å². The Kier molecular flexibility index (Phi) is 6.77. The number of thioether (sulfide) groups is 1. The second kappa shape index (κ2) is 8.82. The van der Waals surface area contributed by atoms with Crippen molar-refractivity contribution in [3.05, 3.63) is 35.4 Å². The van der Waals surface area contributed by atoms with Gasteiger partial charge in [0.15, 0.2) is 0 Å². The molecule has 126 valence electrons. The number of piperazine rings is 1. The summed E-state index contributed by atoms with van der Waals surface area (Å²) in [4.78, 5) is 27.3. The fourth-order valence-corrected chi connectivity index (χ4v) is 3.27. The molecule has 1 heterocycles. The van der Waals surface area contributed by atoms with E-state index in [-0.39, 0.29) is 12.0 Å². The number of hydrogen-bond donors (Lipinski definition) is 0. The molecule has 2 amide bonds. The fourth-order valence-electron chi connectivity index (χ4n) is 2.38. The Morgan fingerprint density at radius 3 is 2.30 bits per heavy atom. The van der Waals surface area contributed by atoms with Crippen molar-refractivity contribution in [2.45, 2.75) is 19.6 Å². The highest BCUT2D eigenvalue weighted by Gasteiger charge is 2.24. The molecule has 0 saturated carbocycles. The Morgan fingerprint density at radius 1 is 1.09 bits per heavy atom. The zero-order valence-electron chi connectivity index (χ0n) is 13.8. The van der Waals surface area contributed by atoms with E-state index in [2.05, 4.69) is 31.2 Å². The maximum Gasteiger partial charge on any atom is 0.409 e. The molecule has 0 atom stereocenters. The number of ether oxygens (including phenoxy) is 1. The first-order chi connectivity index (χ1) is 11.1. The Hall–Kier alpha value is -1.69. The van der Waals surface area contributed by atoms with Gasteiger partial charge in [-0.15, -0.1) is 11.8 Å². The quantitative estimate of drug-likeness (QED) is 0.829. The van der Waals surface area contributed by atoms with E-state index in [1.165, 1.54) is 11.1 Å². The third kappa shape index (κ3) is 5.46. The predicted octanol–water partition coefficient (Wildman–Crippen LogP) is 2.53. The van der Waals surface area contributed by atoms with Crippen molar-refractivity contribution in [1.29, 1.82) is 0 Å². The van der Waals surface area contributed by atoms with Crippen LogP contribution in [-0.4, -0.2) is 60.3 Å². The van der Waals surface area contributed by atoms with Gasteiger partial charge in [-0.3, -0.25) is 4.79 Å². The first-order valence-electron chi connectivity index (χ1n) is 7.93. The number of nitrogens with zero attached hydrogens (tertiary/aromatic N) is 2. The zero-order chi connectivity index (χ0) is 16.7. The first kappa shape index (κ1) is 17.7. The lowest BCUT2D eigenvalue weighted by Crippen LogP contribution is -2.51. The number of carbonyl (C=O) groups is 2. The second-order valence-corrected chi connectivity index (χ2v) is 6.53. The van der Waals surface area contributed by atoms with Gasteiger partial charge in [-0.05, 0) is 19.4 Å². The van der Waals surface area contributed by atoms with Crippen LogP contribution in [0.5, 0.6) is 0 Å². The highest BCUT2D eigenvalue weighted by molar-refractivity contribution is 7.99. The molecule has 1 aromatic rings. The molecule has 6 heteroatoms. The van der Waals surface area contributed by atoms with Gasteiger partial charge in [0.05, 0.1) is 12.4 Å². The van der Waals surface area contributed by atoms with Crippen LogP contribution in [0, 0.1) is 6.92 Å². The van der Waals surface area contributed by atoms with Gasteiger partial charge in [-0.25, -0.2) is 4.79 Å². The number of hydrogen-bond acceptors (Lipinski definition) is 4. The van der Waals surface area contributed by atoms with Crippen molar-refractivity contribution in [2.24, 2.45) is 0 Å². The Bertz CT molecular complexity index is 525. The van der Waals surface area contributed by atoms with E-state index in [1.807, 2.05) is 4.90 Å². The van der Waals surface area contributed by atoms with Crippen molar-refractivity contribution < 1.29 is 14.3 Å². The largest absolute Gasteiger partial charge is 0.450 e. The molecular weight excluding hydrogens is 312 g/mol. The van der Waals surface area contributed by atoms with Crippen LogP contribution in [0.4, 0.5) is 4.79 Å². The number of benzene rings is 1. The minimum Gasteiger partial charge on any atom is -0.450 e. The summed E-state index contributed by atoms with van der Waals surface area (Å²) < 4.78 is 4.98. The summed E-state index contributed by atoms with van der Waals surface area (Å²) in [5, 5.41) is 0. The molecule has 1 aliphatic rings. The zero-order valence-corrected chi connectivity index (χ0v) is 14.6. The van der Waals surface area contributed by atoms with Crippen LogP contribution in [-0.2, 0) is 15.3 Å². The summed E-state index contributed by atoms with van der Waals surface area (Å²) in [6, 6.07) is 8.38. The van der Waals surface area contributed by atoms with Crippen LogP contribution < -0.4 is 0 Å². The Balaban J connectivity index is 1.68. The average Bonchev–Trinajstić information content (AvgIpc) is 2.57. The van der Waals surface area contributed by atoms with E-state index in [0.29, 0.717) is 38.5 Å². The van der Waals surface area contributed by atoms with Gasteiger partial charge in [0.25, 0.3) is 0 Å². The maximum atomic E-state index is 12.2. The predicted molar refractivity (Wildman–Crippen MR) is 92.5 cm³/mol. The molecule has 0 unspecified atom stereocenters. The molecule has 0 aromatic heterocycles. The van der Waals surface area contributed by atoms with Crippen LogP contribution in [0.2, 0.25) is 0 Å². The smallest absolute Gasteiger partial charge is 0.409 e. The normalized spacial score (nSPS) is 14.7. The molecule has 0 N–H and O–H groups in total. The Morgan fingerprint density at radius 2 is 1.70 bits per heavy atom. The van der Waals surface area contributed by atoms with Crippen molar-refractivity contribution in [3.63, 3.8) is 0 Å². The monoisotopic (exact) mass is 336 g/mol. The molecule has 1 aliphatic heterocycles. The van der Waals surface area contributed by atoms with Gasteiger partial charge < -0.3 is 14.5 Å². The van der Waals surface area contributed by atoms with E-state index >= 15 is 0 Å². The number of rotatable bonds is 5. The van der Waals surface area contributed by atoms with E-state index in [4.69, 9.17) is 4.74 Å². The molecule has 0 bridgehead atoms. The average molecular weight is 336 g/mol. The highest BCUT2D eigenvalue weighted by atomic mass is 32.2. The molecule has 23 heavy (non-hydrogen) atoms. The summed E-state index contributed by atoms with van der Waals surface area (Å²) in [6.45, 7) is 6.51. The van der Waals surface area contributed by atoms with Crippen LogP contribution in [0.25, 0.3) is 0 Å². The van der Waals surface area contributed by atoms with Crippen LogP contribution in [0.3, 0.4) is 0 Å². The lowest BCUT2D eigenvalue weighted by atomic mass is 10.2. The number of amides is 2. The number of aryl methyl sites for hydroxylation is 1. The molecule has 0 spiro atoms. The summed E-state index contributed by atoms with van der Waals surface area (Å²) in [7, 11) is 0. The molecule has 1 fully saturated rings. The van der Waals surface area contributed by atoms with Gasteiger partial charge in [0, 0.05) is 31.9 Å². The minimum absolute atomic E-state index is 0.144. The fraction of sp³-hybridized carbons (Fsp3) is 0.529. The van der Waals surface area contributed by atoms with Gasteiger partial charge in [0.1, 0.15) is 0 Å². The summed E-state index contributed by atoms with van der Waals surface area (Å²) >= 11 is 1.63. The van der Waals surface area contributed by atoms with Crippen LogP contribution in [0.15, 0.2) is 24.3 Å². The minimum atomic E-state index is -0.284. The van der Waals surface area contributed by atoms with E-state index in [0.717, 1.165) is 5.75 Å². The molecule has 2 rings (SSSR count). The van der Waals surface area contributed by atoms with Crippen molar-refractivity contribution >= 4 is 23.8 Å². The third-order valence-corrected chi connectivity index (χ3v) is 4.76. The van der Waals surface area contributed by atoms with E-state index in [1.54, 1.807) is 23.6 Å². The molecule has 0 aliphatic carbocycles. The van der Waals surface area contributed by atoms with Crippen molar-refractivity contribution in [3.8, 4) is 0 Å². The molecule has 1 saturated heterocycles. The van der Waals surface area contributed by atoms with E-state index in [9.17, 15) is 9.59 Å². The van der Waals surface area contributed by atoms with E-state index < -0.39 is 0 Å². The SMILES string of the molecule is CCOC(=O)N1CCN(C(=O)CSCc2ccc(C)cc2)CC1. The van der Waals surface area contributed by atoms with Gasteiger partial charge in [-0.1, -0.05) is 29.8 Å². The summed E-state index contributed by atoms with van der Waals surface area (Å²) in [5.41, 5.74) is 2.48. The number of carbonyl (C=O) groups excluding carboxylic acids is 2. The van der Waals surface area contributed by atoms with Crippen molar-refractivity contribution in [1.82, 2.24) is 9.80 Å². The lowest BCUT2D eigenvalue weighted by molar-refractivity contribution is -0.129. The lowest BCUT2D eigenvalue weighted by Gasteiger charge is -2.34.